The van der Waals surface area contributed by atoms with Crippen LogP contribution in [0.5, 0.6) is 5.75 Å². The number of aromatic nitrogens is 2. The number of fused-ring (bicyclic) bond motifs is 1. The van der Waals surface area contributed by atoms with Gasteiger partial charge in [0.25, 0.3) is 0 Å². The fraction of sp³-hybridized carbons (Fsp3) is 0.429. The zero-order valence-electron chi connectivity index (χ0n) is 16.4. The summed E-state index contributed by atoms with van der Waals surface area (Å²) in [7, 11) is 1.90. The topological polar surface area (TPSA) is 50.3 Å². The van der Waals surface area contributed by atoms with Crippen molar-refractivity contribution in [2.45, 2.75) is 39.8 Å². The van der Waals surface area contributed by atoms with Crippen LogP contribution in [0.15, 0.2) is 30.6 Å². The molecule has 0 saturated heterocycles. The number of anilines is 1. The standard InChI is InChI=1S/C21H27FN4O/c1-5-6-19-16-7-9-24-21(23-4)17(16)13-26(19)15(3)18-11-14(2)20(12-25-18)27-10-8-22/h6-7,9,11-12,15H,5,8,10,13H2,1-4H3,(H,23,24)/b19-6-. The fourth-order valence-corrected chi connectivity index (χ4v) is 3.54. The smallest absolute Gasteiger partial charge is 0.140 e. The lowest BCUT2D eigenvalue weighted by Crippen LogP contribution is -2.21. The van der Waals surface area contributed by atoms with Crippen LogP contribution in [0.1, 0.15) is 48.7 Å². The lowest BCUT2D eigenvalue weighted by atomic mass is 10.1. The van der Waals surface area contributed by atoms with Crippen molar-refractivity contribution in [2.75, 3.05) is 25.6 Å². The Bertz CT molecular complexity index is 837. The molecular weight excluding hydrogens is 343 g/mol. The van der Waals surface area contributed by atoms with E-state index in [4.69, 9.17) is 4.74 Å². The predicted molar refractivity (Wildman–Crippen MR) is 106 cm³/mol. The van der Waals surface area contributed by atoms with Gasteiger partial charge in [-0.05, 0) is 38.0 Å². The van der Waals surface area contributed by atoms with E-state index in [2.05, 4.69) is 46.2 Å². The van der Waals surface area contributed by atoms with Crippen molar-refractivity contribution < 1.29 is 9.13 Å². The van der Waals surface area contributed by atoms with E-state index in [1.165, 1.54) is 16.8 Å². The Morgan fingerprint density at radius 2 is 2.22 bits per heavy atom. The molecule has 3 rings (SSSR count). The second-order valence-electron chi connectivity index (χ2n) is 6.65. The zero-order chi connectivity index (χ0) is 19.4. The van der Waals surface area contributed by atoms with Gasteiger partial charge in [-0.3, -0.25) is 4.98 Å². The van der Waals surface area contributed by atoms with Gasteiger partial charge in [0, 0.05) is 36.6 Å². The first kappa shape index (κ1) is 19.1. The Labute approximate surface area is 160 Å². The van der Waals surface area contributed by atoms with Crippen molar-refractivity contribution >= 4 is 11.5 Å². The molecule has 2 aromatic rings. The van der Waals surface area contributed by atoms with E-state index in [1.54, 1.807) is 6.20 Å². The van der Waals surface area contributed by atoms with Crippen LogP contribution in [0.2, 0.25) is 0 Å². The maximum Gasteiger partial charge on any atom is 0.140 e. The van der Waals surface area contributed by atoms with Crippen molar-refractivity contribution in [3.8, 4) is 5.75 Å². The fourth-order valence-electron chi connectivity index (χ4n) is 3.54. The molecular formula is C21H27FN4O. The molecule has 2 aromatic heterocycles. The van der Waals surface area contributed by atoms with Crippen LogP contribution < -0.4 is 10.1 Å². The minimum absolute atomic E-state index is 0.0576. The van der Waals surface area contributed by atoms with Crippen molar-refractivity contribution in [3.05, 3.63) is 53.0 Å². The van der Waals surface area contributed by atoms with Crippen LogP contribution in [0.3, 0.4) is 0 Å². The molecule has 0 aromatic carbocycles. The first-order valence-corrected chi connectivity index (χ1v) is 9.38. The van der Waals surface area contributed by atoms with Crippen LogP contribution in [0.25, 0.3) is 5.70 Å². The van der Waals surface area contributed by atoms with Crippen LogP contribution in [0, 0.1) is 6.92 Å². The Kier molecular flexibility index (Phi) is 5.94. The molecule has 1 unspecified atom stereocenters. The lowest BCUT2D eigenvalue weighted by Gasteiger charge is -2.28. The Hall–Kier alpha value is -2.63. The first-order valence-electron chi connectivity index (χ1n) is 9.38. The van der Waals surface area contributed by atoms with Crippen molar-refractivity contribution in [1.29, 1.82) is 0 Å². The average Bonchev–Trinajstić information content (AvgIpc) is 3.05. The molecule has 0 saturated carbocycles. The number of halogens is 1. The van der Waals surface area contributed by atoms with Gasteiger partial charge in [0.1, 0.15) is 24.8 Å². The van der Waals surface area contributed by atoms with Gasteiger partial charge in [-0.2, -0.15) is 0 Å². The maximum absolute atomic E-state index is 12.4. The number of hydrogen-bond donors (Lipinski definition) is 1. The number of nitrogens with zero attached hydrogens (tertiary/aromatic N) is 3. The summed E-state index contributed by atoms with van der Waals surface area (Å²) in [5.41, 5.74) is 5.59. The maximum atomic E-state index is 12.4. The molecule has 0 aliphatic carbocycles. The molecule has 0 amide bonds. The van der Waals surface area contributed by atoms with E-state index in [0.717, 1.165) is 30.0 Å². The summed E-state index contributed by atoms with van der Waals surface area (Å²) in [5.74, 6) is 1.56. The zero-order valence-corrected chi connectivity index (χ0v) is 16.4. The Morgan fingerprint density at radius 1 is 1.41 bits per heavy atom. The summed E-state index contributed by atoms with van der Waals surface area (Å²) in [6.45, 7) is 6.61. The monoisotopic (exact) mass is 370 g/mol. The number of ether oxygens (including phenoxy) is 1. The van der Waals surface area contributed by atoms with Gasteiger partial charge in [0.15, 0.2) is 0 Å². The van der Waals surface area contributed by atoms with E-state index in [1.807, 2.05) is 26.2 Å². The second kappa shape index (κ2) is 8.37. The highest BCUT2D eigenvalue weighted by molar-refractivity contribution is 5.75. The van der Waals surface area contributed by atoms with Gasteiger partial charge >= 0.3 is 0 Å². The minimum atomic E-state index is -0.503. The van der Waals surface area contributed by atoms with E-state index in [-0.39, 0.29) is 12.6 Å². The number of pyridine rings is 2. The van der Waals surface area contributed by atoms with Crippen molar-refractivity contribution in [1.82, 2.24) is 14.9 Å². The quantitative estimate of drug-likeness (QED) is 0.777. The summed E-state index contributed by atoms with van der Waals surface area (Å²) in [5, 5.41) is 3.20. The third-order valence-electron chi connectivity index (χ3n) is 4.92. The SMILES string of the molecule is CC/C=C1/c2ccnc(NC)c2CN1C(C)c1cc(C)c(OCCF)cn1. The van der Waals surface area contributed by atoms with Crippen LogP contribution in [-0.2, 0) is 6.54 Å². The summed E-state index contributed by atoms with van der Waals surface area (Å²) >= 11 is 0. The highest BCUT2D eigenvalue weighted by Crippen LogP contribution is 2.41. The van der Waals surface area contributed by atoms with E-state index < -0.39 is 6.67 Å². The van der Waals surface area contributed by atoms with Gasteiger partial charge in [0.05, 0.1) is 17.9 Å². The van der Waals surface area contributed by atoms with Gasteiger partial charge in [-0.1, -0.05) is 13.0 Å². The summed E-state index contributed by atoms with van der Waals surface area (Å²) in [4.78, 5) is 11.4. The van der Waals surface area contributed by atoms with Crippen molar-refractivity contribution in [3.63, 3.8) is 0 Å². The second-order valence-corrected chi connectivity index (χ2v) is 6.65. The lowest BCUT2D eigenvalue weighted by molar-refractivity contribution is 0.270. The predicted octanol–water partition coefficient (Wildman–Crippen LogP) is 4.50. The molecule has 0 spiro atoms. The van der Waals surface area contributed by atoms with Crippen LogP contribution in [-0.4, -0.2) is 35.2 Å². The molecule has 0 bridgehead atoms. The van der Waals surface area contributed by atoms with E-state index >= 15 is 0 Å². The van der Waals surface area contributed by atoms with Crippen molar-refractivity contribution in [2.24, 2.45) is 0 Å². The third-order valence-corrected chi connectivity index (χ3v) is 4.92. The molecule has 144 valence electrons. The number of aryl methyl sites for hydroxylation is 1. The first-order chi connectivity index (χ1) is 13.1. The Balaban J connectivity index is 1.91. The molecule has 1 aliphatic heterocycles. The van der Waals surface area contributed by atoms with E-state index in [0.29, 0.717) is 5.75 Å². The highest BCUT2D eigenvalue weighted by atomic mass is 19.1. The number of alkyl halides is 1. The summed E-state index contributed by atoms with van der Waals surface area (Å²) in [6, 6.07) is 4.20. The highest BCUT2D eigenvalue weighted by Gasteiger charge is 2.30. The van der Waals surface area contributed by atoms with Gasteiger partial charge in [0.2, 0.25) is 0 Å². The van der Waals surface area contributed by atoms with Gasteiger partial charge in [-0.25, -0.2) is 9.37 Å². The largest absolute Gasteiger partial charge is 0.489 e. The summed E-state index contributed by atoms with van der Waals surface area (Å²) in [6.07, 6.45) is 6.76. The molecule has 5 nitrogen and oxygen atoms in total. The molecule has 1 atom stereocenters. The van der Waals surface area contributed by atoms with Gasteiger partial charge < -0.3 is 15.0 Å². The summed E-state index contributed by atoms with van der Waals surface area (Å²) < 4.78 is 17.8. The van der Waals surface area contributed by atoms with E-state index in [9.17, 15) is 4.39 Å². The number of nitrogens with one attached hydrogen (secondary N) is 1. The average molecular weight is 370 g/mol. The number of hydrogen-bond acceptors (Lipinski definition) is 5. The van der Waals surface area contributed by atoms with Crippen LogP contribution in [0.4, 0.5) is 10.2 Å². The van der Waals surface area contributed by atoms with Crippen LogP contribution >= 0.6 is 0 Å². The Morgan fingerprint density at radius 3 is 2.89 bits per heavy atom. The molecule has 27 heavy (non-hydrogen) atoms. The molecule has 6 heteroatoms. The molecule has 0 radical (unpaired) electrons. The molecule has 1 aliphatic rings. The minimum Gasteiger partial charge on any atom is -0.489 e. The third kappa shape index (κ3) is 3.75. The molecule has 3 heterocycles. The normalized spacial score (nSPS) is 15.7. The number of allylic oxidation sites excluding steroid dienone is 1. The molecule has 1 N–H and O–H groups in total. The number of rotatable bonds is 7. The molecule has 0 fully saturated rings. The van der Waals surface area contributed by atoms with Gasteiger partial charge in [-0.15, -0.1) is 0 Å².